The Bertz CT molecular complexity index is 391. The minimum absolute atomic E-state index is 0.311. The number of carbonyl (C=O) groups excluding carboxylic acids is 1. The average molecular weight is 250 g/mol. The van der Waals surface area contributed by atoms with Crippen molar-refractivity contribution in [1.29, 1.82) is 0 Å². The lowest BCUT2D eigenvalue weighted by atomic mass is 10.1. The van der Waals surface area contributed by atoms with Gasteiger partial charge in [-0.25, -0.2) is 4.79 Å². The van der Waals surface area contributed by atoms with Gasteiger partial charge >= 0.3 is 5.97 Å². The van der Waals surface area contributed by atoms with E-state index in [-0.39, 0.29) is 5.97 Å². The van der Waals surface area contributed by atoms with E-state index in [1.165, 1.54) is 12.8 Å². The number of rotatable bonds is 7. The van der Waals surface area contributed by atoms with Crippen molar-refractivity contribution in [2.45, 2.75) is 33.1 Å². The third-order valence-corrected chi connectivity index (χ3v) is 2.66. The maximum absolute atomic E-state index is 11.6. The summed E-state index contributed by atoms with van der Waals surface area (Å²) in [6, 6.07) is 5.16. The molecule has 3 N–H and O–H groups in total. The van der Waals surface area contributed by atoms with Crippen LogP contribution in [0.25, 0.3) is 0 Å². The normalized spacial score (nSPS) is 10.1. The molecular weight excluding hydrogens is 228 g/mol. The smallest absolute Gasteiger partial charge is 0.338 e. The molecule has 0 heterocycles. The molecule has 0 aliphatic rings. The van der Waals surface area contributed by atoms with Crippen LogP contribution < -0.4 is 11.1 Å². The molecule has 0 bridgehead atoms. The Labute approximate surface area is 109 Å². The predicted molar refractivity (Wildman–Crippen MR) is 74.8 cm³/mol. The number of carbonyl (C=O) groups is 1. The van der Waals surface area contributed by atoms with E-state index in [2.05, 4.69) is 12.2 Å². The third kappa shape index (κ3) is 4.28. The zero-order chi connectivity index (χ0) is 13.4. The van der Waals surface area contributed by atoms with Crippen molar-refractivity contribution in [3.63, 3.8) is 0 Å². The SMILES string of the molecule is CCCCCNc1cc(C(=O)OCC)ccc1N. The van der Waals surface area contributed by atoms with Gasteiger partial charge in [-0.05, 0) is 31.5 Å². The number of nitrogens with two attached hydrogens (primary N) is 1. The van der Waals surface area contributed by atoms with Crippen LogP contribution >= 0.6 is 0 Å². The van der Waals surface area contributed by atoms with Crippen LogP contribution in [0, 0.1) is 0 Å². The van der Waals surface area contributed by atoms with E-state index in [0.29, 0.717) is 17.9 Å². The summed E-state index contributed by atoms with van der Waals surface area (Å²) >= 11 is 0. The van der Waals surface area contributed by atoms with E-state index in [1.54, 1.807) is 25.1 Å². The number of unbranched alkanes of at least 4 members (excludes halogenated alkanes) is 2. The average Bonchev–Trinajstić information content (AvgIpc) is 2.37. The molecule has 0 amide bonds. The Morgan fingerprint density at radius 2 is 2.11 bits per heavy atom. The predicted octanol–water partition coefficient (Wildman–Crippen LogP) is 3.05. The fourth-order valence-electron chi connectivity index (χ4n) is 1.65. The lowest BCUT2D eigenvalue weighted by Gasteiger charge is -2.10. The van der Waals surface area contributed by atoms with Crippen LogP contribution in [0.3, 0.4) is 0 Å². The molecule has 4 heteroatoms. The van der Waals surface area contributed by atoms with E-state index in [0.717, 1.165) is 18.7 Å². The van der Waals surface area contributed by atoms with Crippen molar-refractivity contribution in [3.8, 4) is 0 Å². The molecule has 0 aliphatic heterocycles. The number of ether oxygens (including phenoxy) is 1. The first-order chi connectivity index (χ1) is 8.69. The van der Waals surface area contributed by atoms with Gasteiger partial charge in [-0.15, -0.1) is 0 Å². The fraction of sp³-hybridized carbons (Fsp3) is 0.500. The van der Waals surface area contributed by atoms with Crippen molar-refractivity contribution in [1.82, 2.24) is 0 Å². The molecule has 0 unspecified atom stereocenters. The molecule has 0 aliphatic carbocycles. The highest BCUT2D eigenvalue weighted by Crippen LogP contribution is 2.20. The molecule has 18 heavy (non-hydrogen) atoms. The molecule has 0 saturated carbocycles. The van der Waals surface area contributed by atoms with Crippen LogP contribution in [0.4, 0.5) is 11.4 Å². The number of esters is 1. The van der Waals surface area contributed by atoms with Gasteiger partial charge in [0.2, 0.25) is 0 Å². The summed E-state index contributed by atoms with van der Waals surface area (Å²) in [4.78, 5) is 11.6. The Hall–Kier alpha value is -1.71. The number of nitrogens with one attached hydrogen (secondary N) is 1. The highest BCUT2D eigenvalue weighted by atomic mass is 16.5. The number of anilines is 2. The van der Waals surface area contributed by atoms with Crippen LogP contribution in [0.5, 0.6) is 0 Å². The van der Waals surface area contributed by atoms with E-state index in [9.17, 15) is 4.79 Å². The Morgan fingerprint density at radius 1 is 1.33 bits per heavy atom. The second-order valence-corrected chi connectivity index (χ2v) is 4.16. The van der Waals surface area contributed by atoms with E-state index < -0.39 is 0 Å². The highest BCUT2D eigenvalue weighted by molar-refractivity contribution is 5.92. The largest absolute Gasteiger partial charge is 0.462 e. The first-order valence-electron chi connectivity index (χ1n) is 6.49. The summed E-state index contributed by atoms with van der Waals surface area (Å²) in [6.07, 6.45) is 3.46. The summed E-state index contributed by atoms with van der Waals surface area (Å²) in [6.45, 7) is 5.20. The molecule has 0 radical (unpaired) electrons. The van der Waals surface area contributed by atoms with Gasteiger partial charge in [-0.2, -0.15) is 0 Å². The van der Waals surface area contributed by atoms with Crippen molar-refractivity contribution in [2.75, 3.05) is 24.2 Å². The summed E-state index contributed by atoms with van der Waals surface area (Å²) in [7, 11) is 0. The molecule has 1 aromatic carbocycles. The lowest BCUT2D eigenvalue weighted by molar-refractivity contribution is 0.0526. The second-order valence-electron chi connectivity index (χ2n) is 4.16. The Balaban J connectivity index is 2.66. The van der Waals surface area contributed by atoms with Gasteiger partial charge < -0.3 is 15.8 Å². The zero-order valence-electron chi connectivity index (χ0n) is 11.2. The van der Waals surface area contributed by atoms with Gasteiger partial charge in [0.15, 0.2) is 0 Å². The van der Waals surface area contributed by atoms with Crippen molar-refractivity contribution in [2.24, 2.45) is 0 Å². The van der Waals surface area contributed by atoms with E-state index >= 15 is 0 Å². The van der Waals surface area contributed by atoms with Crippen LogP contribution in [0.15, 0.2) is 18.2 Å². The monoisotopic (exact) mass is 250 g/mol. The lowest BCUT2D eigenvalue weighted by Crippen LogP contribution is -2.08. The molecular formula is C14H22N2O2. The number of benzene rings is 1. The van der Waals surface area contributed by atoms with Gasteiger partial charge in [0, 0.05) is 6.54 Å². The topological polar surface area (TPSA) is 64.3 Å². The minimum atomic E-state index is -0.311. The second kappa shape index (κ2) is 7.58. The minimum Gasteiger partial charge on any atom is -0.462 e. The fourth-order valence-corrected chi connectivity index (χ4v) is 1.65. The molecule has 100 valence electrons. The Morgan fingerprint density at radius 3 is 2.78 bits per heavy atom. The molecule has 0 fully saturated rings. The summed E-state index contributed by atoms with van der Waals surface area (Å²) in [5, 5.41) is 3.25. The van der Waals surface area contributed by atoms with E-state index in [1.807, 2.05) is 0 Å². The summed E-state index contributed by atoms with van der Waals surface area (Å²) < 4.78 is 4.96. The van der Waals surface area contributed by atoms with Gasteiger partial charge in [0.1, 0.15) is 0 Å². The first-order valence-corrected chi connectivity index (χ1v) is 6.49. The van der Waals surface area contributed by atoms with Gasteiger partial charge in [-0.3, -0.25) is 0 Å². The maximum Gasteiger partial charge on any atom is 0.338 e. The van der Waals surface area contributed by atoms with Gasteiger partial charge in [-0.1, -0.05) is 19.8 Å². The number of nitrogen functional groups attached to an aromatic ring is 1. The van der Waals surface area contributed by atoms with Crippen molar-refractivity contribution < 1.29 is 9.53 Å². The van der Waals surface area contributed by atoms with Crippen molar-refractivity contribution >= 4 is 17.3 Å². The standard InChI is InChI=1S/C14H22N2O2/c1-3-5-6-9-16-13-10-11(7-8-12(13)15)14(17)18-4-2/h7-8,10,16H,3-6,9,15H2,1-2H3. The molecule has 0 spiro atoms. The molecule has 0 saturated heterocycles. The van der Waals surface area contributed by atoms with Crippen LogP contribution in [0.2, 0.25) is 0 Å². The number of hydrogen-bond acceptors (Lipinski definition) is 4. The highest BCUT2D eigenvalue weighted by Gasteiger charge is 2.08. The Kier molecular flexibility index (Phi) is 6.05. The van der Waals surface area contributed by atoms with Crippen molar-refractivity contribution in [3.05, 3.63) is 23.8 Å². The van der Waals surface area contributed by atoms with Crippen LogP contribution in [-0.4, -0.2) is 19.1 Å². The van der Waals surface area contributed by atoms with Gasteiger partial charge in [0.25, 0.3) is 0 Å². The summed E-state index contributed by atoms with van der Waals surface area (Å²) in [5.74, 6) is -0.311. The number of hydrogen-bond donors (Lipinski definition) is 2. The van der Waals surface area contributed by atoms with Crippen LogP contribution in [0.1, 0.15) is 43.5 Å². The molecule has 1 aromatic rings. The molecule has 0 aromatic heterocycles. The third-order valence-electron chi connectivity index (χ3n) is 2.66. The molecule has 1 rings (SSSR count). The zero-order valence-corrected chi connectivity index (χ0v) is 11.2. The first kappa shape index (κ1) is 14.4. The quantitative estimate of drug-likeness (QED) is 0.443. The van der Waals surface area contributed by atoms with Gasteiger partial charge in [0.05, 0.1) is 23.5 Å². The van der Waals surface area contributed by atoms with Crippen LogP contribution in [-0.2, 0) is 4.74 Å². The molecule has 0 atom stereocenters. The molecule has 4 nitrogen and oxygen atoms in total. The maximum atomic E-state index is 11.6. The van der Waals surface area contributed by atoms with E-state index in [4.69, 9.17) is 10.5 Å². The summed E-state index contributed by atoms with van der Waals surface area (Å²) in [5.41, 5.74) is 7.85.